The van der Waals surface area contributed by atoms with Crippen LogP contribution in [-0.2, 0) is 0 Å². The van der Waals surface area contributed by atoms with Crippen molar-refractivity contribution in [2.45, 2.75) is 26.8 Å². The van der Waals surface area contributed by atoms with Crippen molar-refractivity contribution in [3.63, 3.8) is 0 Å². The van der Waals surface area contributed by atoms with E-state index in [4.69, 9.17) is 0 Å². The van der Waals surface area contributed by atoms with Crippen molar-refractivity contribution >= 4 is 11.8 Å². The van der Waals surface area contributed by atoms with Crippen LogP contribution in [0.5, 0.6) is 0 Å². The van der Waals surface area contributed by atoms with Gasteiger partial charge in [0.1, 0.15) is 0 Å². The molecule has 84 valence electrons. The van der Waals surface area contributed by atoms with E-state index in [-0.39, 0.29) is 23.8 Å². The fraction of sp³-hybridized carbons (Fsp3) is 0.385. The minimum Gasteiger partial charge on any atom is -0.271 e. The third-order valence-electron chi connectivity index (χ3n) is 3.20. The van der Waals surface area contributed by atoms with E-state index in [2.05, 4.69) is 0 Å². The Balaban J connectivity index is 2.43. The van der Waals surface area contributed by atoms with Crippen LogP contribution in [0.2, 0.25) is 0 Å². The number of carbonyl (C=O) groups is 2. The predicted molar refractivity (Wildman–Crippen MR) is 61.2 cm³/mol. The molecule has 1 heterocycles. The van der Waals surface area contributed by atoms with E-state index in [9.17, 15) is 9.59 Å². The second kappa shape index (κ2) is 3.74. The largest absolute Gasteiger partial charge is 0.271 e. The molecule has 0 spiro atoms. The van der Waals surface area contributed by atoms with Crippen molar-refractivity contribution in [3.05, 3.63) is 35.4 Å². The van der Waals surface area contributed by atoms with E-state index in [1.165, 1.54) is 4.90 Å². The zero-order valence-corrected chi connectivity index (χ0v) is 9.73. The standard InChI is InChI=1S/C13H15NO2/c1-8(2)9(3)14-12(15)10-6-4-5-7-11(10)13(14)16/h4-9H,1-3H3/t9-/m1/s1. The van der Waals surface area contributed by atoms with Crippen molar-refractivity contribution in [2.75, 3.05) is 0 Å². The average Bonchev–Trinajstić information content (AvgIpc) is 2.52. The number of hydrogen-bond acceptors (Lipinski definition) is 2. The second-order valence-electron chi connectivity index (χ2n) is 4.51. The van der Waals surface area contributed by atoms with Gasteiger partial charge in [0.2, 0.25) is 0 Å². The maximum Gasteiger partial charge on any atom is 0.261 e. The Morgan fingerprint density at radius 2 is 1.38 bits per heavy atom. The van der Waals surface area contributed by atoms with Crippen LogP contribution in [0.15, 0.2) is 24.3 Å². The Hall–Kier alpha value is -1.64. The summed E-state index contributed by atoms with van der Waals surface area (Å²) in [5.74, 6) is -0.0641. The van der Waals surface area contributed by atoms with Gasteiger partial charge in [-0.15, -0.1) is 0 Å². The second-order valence-corrected chi connectivity index (χ2v) is 4.51. The molecule has 1 aromatic rings. The molecule has 3 nitrogen and oxygen atoms in total. The number of imide groups is 1. The third kappa shape index (κ3) is 1.43. The fourth-order valence-corrected chi connectivity index (χ4v) is 1.88. The SMILES string of the molecule is CC(C)[C@@H](C)N1C(=O)c2ccccc2C1=O. The zero-order chi connectivity index (χ0) is 11.9. The summed E-state index contributed by atoms with van der Waals surface area (Å²) in [5, 5.41) is 0. The van der Waals surface area contributed by atoms with E-state index in [1.807, 2.05) is 20.8 Å². The van der Waals surface area contributed by atoms with Crippen molar-refractivity contribution in [1.82, 2.24) is 4.90 Å². The maximum atomic E-state index is 12.1. The Morgan fingerprint density at radius 3 is 1.75 bits per heavy atom. The van der Waals surface area contributed by atoms with Gasteiger partial charge in [-0.3, -0.25) is 14.5 Å². The molecular weight excluding hydrogens is 202 g/mol. The van der Waals surface area contributed by atoms with Crippen LogP contribution in [0, 0.1) is 5.92 Å². The van der Waals surface area contributed by atoms with Crippen LogP contribution in [0.1, 0.15) is 41.5 Å². The highest BCUT2D eigenvalue weighted by atomic mass is 16.2. The molecule has 1 aliphatic heterocycles. The smallest absolute Gasteiger partial charge is 0.261 e. The third-order valence-corrected chi connectivity index (χ3v) is 3.20. The first kappa shape index (κ1) is 10.9. The van der Waals surface area contributed by atoms with Crippen LogP contribution in [0.25, 0.3) is 0 Å². The number of amides is 2. The van der Waals surface area contributed by atoms with E-state index < -0.39 is 0 Å². The number of rotatable bonds is 2. The topological polar surface area (TPSA) is 37.4 Å². The van der Waals surface area contributed by atoms with Crippen molar-refractivity contribution in [1.29, 1.82) is 0 Å². The number of hydrogen-bond donors (Lipinski definition) is 0. The molecule has 0 radical (unpaired) electrons. The van der Waals surface area contributed by atoms with E-state index in [0.29, 0.717) is 11.1 Å². The molecule has 0 N–H and O–H groups in total. The summed E-state index contributed by atoms with van der Waals surface area (Å²) >= 11 is 0. The van der Waals surface area contributed by atoms with Gasteiger partial charge in [-0.1, -0.05) is 26.0 Å². The average molecular weight is 217 g/mol. The Morgan fingerprint density at radius 1 is 0.938 bits per heavy atom. The first-order valence-electron chi connectivity index (χ1n) is 5.51. The maximum absolute atomic E-state index is 12.1. The molecule has 3 heteroatoms. The molecule has 0 aromatic heterocycles. The molecule has 0 unspecified atom stereocenters. The number of benzene rings is 1. The minimum atomic E-state index is -0.165. The highest BCUT2D eigenvalue weighted by Crippen LogP contribution is 2.26. The summed E-state index contributed by atoms with van der Waals surface area (Å²) in [6.45, 7) is 5.93. The molecule has 2 amide bonds. The lowest BCUT2D eigenvalue weighted by Gasteiger charge is -2.25. The molecule has 0 saturated carbocycles. The summed E-state index contributed by atoms with van der Waals surface area (Å²) in [5.41, 5.74) is 1.06. The Kier molecular flexibility index (Phi) is 2.54. The van der Waals surface area contributed by atoms with Gasteiger partial charge in [-0.25, -0.2) is 0 Å². The van der Waals surface area contributed by atoms with Gasteiger partial charge in [0.15, 0.2) is 0 Å². The van der Waals surface area contributed by atoms with Gasteiger partial charge < -0.3 is 0 Å². The first-order chi connectivity index (χ1) is 7.54. The minimum absolute atomic E-state index is 0.0626. The normalized spacial score (nSPS) is 16.9. The van der Waals surface area contributed by atoms with E-state index in [1.54, 1.807) is 24.3 Å². The molecule has 0 bridgehead atoms. The Labute approximate surface area is 95.1 Å². The summed E-state index contributed by atoms with van der Waals surface area (Å²) in [4.78, 5) is 25.5. The molecule has 1 atom stereocenters. The lowest BCUT2D eigenvalue weighted by atomic mass is 10.1. The lowest BCUT2D eigenvalue weighted by Crippen LogP contribution is -2.40. The molecule has 1 aliphatic rings. The van der Waals surface area contributed by atoms with Crippen LogP contribution < -0.4 is 0 Å². The van der Waals surface area contributed by atoms with Crippen LogP contribution in [0.4, 0.5) is 0 Å². The highest BCUT2D eigenvalue weighted by Gasteiger charge is 2.38. The van der Waals surface area contributed by atoms with Gasteiger partial charge in [0, 0.05) is 6.04 Å². The number of nitrogens with zero attached hydrogens (tertiary/aromatic N) is 1. The van der Waals surface area contributed by atoms with E-state index >= 15 is 0 Å². The molecule has 0 saturated heterocycles. The van der Waals surface area contributed by atoms with Gasteiger partial charge in [0.25, 0.3) is 11.8 Å². The predicted octanol–water partition coefficient (Wildman–Crippen LogP) is 2.33. The molecule has 0 fully saturated rings. The van der Waals surface area contributed by atoms with Crippen molar-refractivity contribution < 1.29 is 9.59 Å². The van der Waals surface area contributed by atoms with Gasteiger partial charge in [0.05, 0.1) is 11.1 Å². The lowest BCUT2D eigenvalue weighted by molar-refractivity contribution is 0.0559. The zero-order valence-electron chi connectivity index (χ0n) is 9.73. The summed E-state index contributed by atoms with van der Waals surface area (Å²) in [7, 11) is 0. The van der Waals surface area contributed by atoms with Gasteiger partial charge in [-0.05, 0) is 25.0 Å². The summed E-state index contributed by atoms with van der Waals surface area (Å²) in [6, 6.07) is 6.93. The van der Waals surface area contributed by atoms with Crippen molar-refractivity contribution in [2.24, 2.45) is 5.92 Å². The van der Waals surface area contributed by atoms with Gasteiger partial charge in [-0.2, -0.15) is 0 Å². The van der Waals surface area contributed by atoms with Crippen LogP contribution in [0.3, 0.4) is 0 Å². The molecule has 1 aromatic carbocycles. The molecule has 16 heavy (non-hydrogen) atoms. The molecule has 0 aliphatic carbocycles. The summed E-state index contributed by atoms with van der Waals surface area (Å²) < 4.78 is 0. The fourth-order valence-electron chi connectivity index (χ4n) is 1.88. The van der Waals surface area contributed by atoms with Crippen LogP contribution >= 0.6 is 0 Å². The summed E-state index contributed by atoms with van der Waals surface area (Å²) in [6.07, 6.45) is 0. The quantitative estimate of drug-likeness (QED) is 0.713. The number of carbonyl (C=O) groups excluding carboxylic acids is 2. The first-order valence-corrected chi connectivity index (χ1v) is 5.51. The van der Waals surface area contributed by atoms with E-state index in [0.717, 1.165) is 0 Å². The highest BCUT2D eigenvalue weighted by molar-refractivity contribution is 6.21. The van der Waals surface area contributed by atoms with Crippen LogP contribution in [-0.4, -0.2) is 22.8 Å². The van der Waals surface area contributed by atoms with Crippen molar-refractivity contribution in [3.8, 4) is 0 Å². The Bertz CT molecular complexity index is 416. The molecular formula is C13H15NO2. The van der Waals surface area contributed by atoms with Gasteiger partial charge >= 0.3 is 0 Å². The number of fused-ring (bicyclic) bond motifs is 1. The monoisotopic (exact) mass is 217 g/mol. The molecule has 2 rings (SSSR count).